The number of benzene rings is 5. The predicted molar refractivity (Wildman–Crippen MR) is 230 cm³/mol. The molecule has 3 amide bonds. The molecule has 7 aliphatic rings. The molecule has 304 valence electrons. The molecule has 0 aliphatic heterocycles. The number of hydrogen-bond donors (Lipinski definition) is 3. The Balaban J connectivity index is 0.953. The number of fused-ring (bicyclic) bond motifs is 1. The van der Waals surface area contributed by atoms with Gasteiger partial charge in [-0.1, -0.05) is 121 Å². The van der Waals surface area contributed by atoms with Gasteiger partial charge in [0.25, 0.3) is 0 Å². The zero-order valence-electron chi connectivity index (χ0n) is 33.7. The Kier molecular flexibility index (Phi) is 10.1. The van der Waals surface area contributed by atoms with Crippen molar-refractivity contribution in [1.29, 1.82) is 0 Å². The number of esters is 1. The molecular formula is C52H51N3O5. The first-order valence-corrected chi connectivity index (χ1v) is 21.7. The van der Waals surface area contributed by atoms with Gasteiger partial charge in [0, 0.05) is 24.8 Å². The Morgan fingerprint density at radius 3 is 1.63 bits per heavy atom. The highest BCUT2D eigenvalue weighted by atomic mass is 16.5. The fourth-order valence-corrected chi connectivity index (χ4v) is 12.3. The van der Waals surface area contributed by atoms with Crippen LogP contribution in [0.25, 0.3) is 0 Å². The molecule has 3 N–H and O–H groups in total. The van der Waals surface area contributed by atoms with E-state index in [0.717, 1.165) is 51.1 Å². The standard InChI is InChI=1S/C52H51N3O5/c56-48(54-42-22-12-11-21-41(42)51(59)60-30-33-15-5-2-6-16-33)43(26-32-13-3-1-4-14-32)55-50(58)47-45-39-19-9-7-17-37(39)44(38-18-8-10-20-40(38)45)46(47)49(57)53-31-52-27-34-23-35(28-52)25-36(24-34)29-52/h1-22,34-36,43-47H,23-31H2,(H,53,57)(H,54,56)(H,55,58)/t34?,35?,36?,43-,44?,45?,46-,47+,52?/m0/s1. The summed E-state index contributed by atoms with van der Waals surface area (Å²) in [5.41, 5.74) is 6.63. The molecule has 5 aromatic carbocycles. The van der Waals surface area contributed by atoms with Gasteiger partial charge in [-0.3, -0.25) is 14.4 Å². The molecule has 0 unspecified atom stereocenters. The third kappa shape index (κ3) is 7.20. The normalized spacial score (nSPS) is 26.9. The summed E-state index contributed by atoms with van der Waals surface area (Å²) in [6.07, 6.45) is 7.72. The highest BCUT2D eigenvalue weighted by molar-refractivity contribution is 6.04. The molecule has 8 nitrogen and oxygen atoms in total. The van der Waals surface area contributed by atoms with E-state index in [1.54, 1.807) is 24.3 Å². The zero-order chi connectivity index (χ0) is 40.8. The van der Waals surface area contributed by atoms with Crippen LogP contribution in [0.3, 0.4) is 0 Å². The molecule has 6 bridgehead atoms. The number of nitrogens with one attached hydrogen (secondary N) is 3. The van der Waals surface area contributed by atoms with Crippen LogP contribution < -0.4 is 16.0 Å². The first kappa shape index (κ1) is 38.2. The third-order valence-electron chi connectivity index (χ3n) is 14.4. The van der Waals surface area contributed by atoms with Crippen molar-refractivity contribution in [3.8, 4) is 0 Å². The SMILES string of the molecule is O=C(OCc1ccccc1)c1ccccc1NC(=O)[C@H](Cc1ccccc1)NC(=O)[C@@H]1C2c3ccccc3C(c3ccccc32)[C@@H]1C(=O)NCC12CC3CC(CC(C3)C1)C2. The van der Waals surface area contributed by atoms with Crippen molar-refractivity contribution in [2.24, 2.45) is 35.0 Å². The summed E-state index contributed by atoms with van der Waals surface area (Å²) in [6.45, 7) is 0.731. The molecule has 7 aliphatic carbocycles. The van der Waals surface area contributed by atoms with Gasteiger partial charge in [-0.15, -0.1) is 0 Å². The highest BCUT2D eigenvalue weighted by Gasteiger charge is 2.56. The smallest absolute Gasteiger partial charge is 0.340 e. The number of para-hydroxylation sites is 1. The molecule has 4 fully saturated rings. The Morgan fingerprint density at radius 1 is 0.583 bits per heavy atom. The number of anilines is 1. The molecule has 0 radical (unpaired) electrons. The van der Waals surface area contributed by atoms with E-state index < -0.39 is 29.8 Å². The second kappa shape index (κ2) is 15.9. The van der Waals surface area contributed by atoms with Crippen LogP contribution in [0.2, 0.25) is 0 Å². The zero-order valence-corrected chi connectivity index (χ0v) is 33.7. The lowest BCUT2D eigenvalue weighted by Gasteiger charge is -2.57. The van der Waals surface area contributed by atoms with Gasteiger partial charge in [-0.25, -0.2) is 4.79 Å². The number of carbonyl (C=O) groups excluding carboxylic acids is 4. The van der Waals surface area contributed by atoms with Crippen LogP contribution in [0.15, 0.2) is 133 Å². The lowest BCUT2D eigenvalue weighted by Crippen LogP contribution is -2.57. The number of carbonyl (C=O) groups is 4. The predicted octanol–water partition coefficient (Wildman–Crippen LogP) is 8.57. The highest BCUT2D eigenvalue weighted by Crippen LogP contribution is 2.61. The first-order chi connectivity index (χ1) is 29.3. The van der Waals surface area contributed by atoms with Gasteiger partial charge in [-0.05, 0) is 107 Å². The van der Waals surface area contributed by atoms with E-state index in [0.29, 0.717) is 6.54 Å². The molecule has 0 aromatic heterocycles. The van der Waals surface area contributed by atoms with Gasteiger partial charge >= 0.3 is 5.97 Å². The molecule has 4 saturated carbocycles. The quantitative estimate of drug-likeness (QED) is 0.110. The monoisotopic (exact) mass is 797 g/mol. The van der Waals surface area contributed by atoms with Crippen LogP contribution in [0.1, 0.15) is 94.1 Å². The van der Waals surface area contributed by atoms with Crippen molar-refractivity contribution in [2.45, 2.75) is 69.4 Å². The van der Waals surface area contributed by atoms with Gasteiger partial charge in [-0.2, -0.15) is 0 Å². The van der Waals surface area contributed by atoms with Crippen molar-refractivity contribution in [3.63, 3.8) is 0 Å². The van der Waals surface area contributed by atoms with Crippen molar-refractivity contribution < 1.29 is 23.9 Å². The largest absolute Gasteiger partial charge is 0.457 e. The second-order valence-electron chi connectivity index (χ2n) is 18.2. The molecule has 60 heavy (non-hydrogen) atoms. The van der Waals surface area contributed by atoms with Gasteiger partial charge in [0.1, 0.15) is 12.6 Å². The van der Waals surface area contributed by atoms with Crippen LogP contribution >= 0.6 is 0 Å². The van der Waals surface area contributed by atoms with Gasteiger partial charge in [0.2, 0.25) is 17.7 Å². The molecule has 8 heteroatoms. The summed E-state index contributed by atoms with van der Waals surface area (Å²) in [7, 11) is 0. The third-order valence-corrected chi connectivity index (χ3v) is 14.4. The second-order valence-corrected chi connectivity index (χ2v) is 18.2. The van der Waals surface area contributed by atoms with E-state index in [1.807, 2.05) is 84.9 Å². The summed E-state index contributed by atoms with van der Waals surface area (Å²) in [6, 6.07) is 41.2. The summed E-state index contributed by atoms with van der Waals surface area (Å²) in [5.74, 6) is -1.31. The van der Waals surface area contributed by atoms with Crippen LogP contribution in [-0.4, -0.2) is 36.3 Å². The van der Waals surface area contributed by atoms with E-state index in [1.165, 1.54) is 38.5 Å². The fourth-order valence-electron chi connectivity index (χ4n) is 12.3. The minimum atomic E-state index is -1.02. The summed E-state index contributed by atoms with van der Waals surface area (Å²) < 4.78 is 5.65. The van der Waals surface area contributed by atoms with Crippen molar-refractivity contribution >= 4 is 29.4 Å². The van der Waals surface area contributed by atoms with E-state index in [4.69, 9.17) is 4.74 Å². The maximum absolute atomic E-state index is 15.3. The van der Waals surface area contributed by atoms with Crippen molar-refractivity contribution in [3.05, 3.63) is 172 Å². The van der Waals surface area contributed by atoms with Crippen molar-refractivity contribution in [1.82, 2.24) is 10.6 Å². The van der Waals surface area contributed by atoms with E-state index in [2.05, 4.69) is 40.2 Å². The maximum Gasteiger partial charge on any atom is 0.340 e. The average molecular weight is 798 g/mol. The van der Waals surface area contributed by atoms with Gasteiger partial charge in [0.05, 0.1) is 23.1 Å². The van der Waals surface area contributed by atoms with Gasteiger partial charge in [0.15, 0.2) is 0 Å². The lowest BCUT2D eigenvalue weighted by molar-refractivity contribution is -0.139. The summed E-state index contributed by atoms with van der Waals surface area (Å²) in [5, 5.41) is 9.64. The average Bonchev–Trinajstić information content (AvgIpc) is 3.27. The van der Waals surface area contributed by atoms with Crippen LogP contribution in [0.5, 0.6) is 0 Å². The minimum Gasteiger partial charge on any atom is -0.457 e. The molecule has 0 saturated heterocycles. The molecular weight excluding hydrogens is 747 g/mol. The summed E-state index contributed by atoms with van der Waals surface area (Å²) >= 11 is 0. The number of ether oxygens (including phenoxy) is 1. The summed E-state index contributed by atoms with van der Waals surface area (Å²) in [4.78, 5) is 58.2. The van der Waals surface area contributed by atoms with Crippen LogP contribution in [0, 0.1) is 35.0 Å². The molecule has 0 spiro atoms. The van der Waals surface area contributed by atoms with E-state index in [9.17, 15) is 14.4 Å². The molecule has 12 rings (SSSR count). The van der Waals surface area contributed by atoms with E-state index in [-0.39, 0.29) is 53.3 Å². The molecule has 3 atom stereocenters. The Morgan fingerprint density at radius 2 is 1.07 bits per heavy atom. The van der Waals surface area contributed by atoms with Crippen LogP contribution in [0.4, 0.5) is 5.69 Å². The molecule has 0 heterocycles. The van der Waals surface area contributed by atoms with Crippen molar-refractivity contribution in [2.75, 3.05) is 11.9 Å². The number of amides is 3. The fraction of sp³-hybridized carbons (Fsp3) is 0.346. The topological polar surface area (TPSA) is 114 Å². The lowest BCUT2D eigenvalue weighted by atomic mass is 9.49. The Bertz CT molecular complexity index is 2350. The number of rotatable bonds is 12. The van der Waals surface area contributed by atoms with Gasteiger partial charge < -0.3 is 20.7 Å². The van der Waals surface area contributed by atoms with E-state index >= 15 is 4.79 Å². The number of hydrogen-bond acceptors (Lipinski definition) is 5. The Labute approximate surface area is 351 Å². The first-order valence-electron chi connectivity index (χ1n) is 21.7. The van der Waals surface area contributed by atoms with Crippen LogP contribution in [-0.2, 0) is 32.1 Å². The maximum atomic E-state index is 15.3. The molecule has 5 aromatic rings. The Hall–Kier alpha value is -6.02. The minimum absolute atomic E-state index is 0.0851.